The van der Waals surface area contributed by atoms with Gasteiger partial charge in [0.1, 0.15) is 5.82 Å². The number of halogens is 3. The van der Waals surface area contributed by atoms with Gasteiger partial charge in [0.2, 0.25) is 0 Å². The van der Waals surface area contributed by atoms with Gasteiger partial charge in [0.15, 0.2) is 0 Å². The maximum absolute atomic E-state index is 14.0. The van der Waals surface area contributed by atoms with E-state index in [1.54, 1.807) is 19.2 Å². The number of hydrogen-bond acceptors (Lipinski definition) is 2. The van der Waals surface area contributed by atoms with Crippen molar-refractivity contribution in [3.63, 3.8) is 0 Å². The second-order valence-corrected chi connectivity index (χ2v) is 5.37. The van der Waals surface area contributed by atoms with E-state index in [2.05, 4.69) is 21.2 Å². The van der Waals surface area contributed by atoms with E-state index < -0.39 is 0 Å². The lowest BCUT2D eigenvalue weighted by Gasteiger charge is -2.07. The molecule has 106 valence electrons. The molecule has 0 spiro atoms. The molecular weight excluding hydrogens is 333 g/mol. The Hall–Kier alpha value is -0.420. The van der Waals surface area contributed by atoms with Crippen molar-refractivity contribution in [2.45, 2.75) is 13.3 Å². The van der Waals surface area contributed by atoms with Gasteiger partial charge in [-0.05, 0) is 47.5 Å². The van der Waals surface area contributed by atoms with Crippen LogP contribution in [0.4, 0.5) is 4.39 Å². The first kappa shape index (κ1) is 16.6. The van der Waals surface area contributed by atoms with Crippen LogP contribution in [0.5, 0.6) is 0 Å². The first-order valence-electron chi connectivity index (χ1n) is 6.08. The van der Waals surface area contributed by atoms with Crippen LogP contribution in [0.25, 0.3) is 5.57 Å². The molecule has 0 unspecified atom stereocenters. The number of ether oxygens (including phenoxy) is 1. The normalized spacial score (nSPS) is 11.9. The molecule has 0 bridgehead atoms. The van der Waals surface area contributed by atoms with Crippen LogP contribution < -0.4 is 5.32 Å². The molecule has 2 nitrogen and oxygen atoms in total. The van der Waals surface area contributed by atoms with Crippen molar-refractivity contribution in [1.29, 1.82) is 0 Å². The maximum Gasteiger partial charge on any atom is 0.150 e. The van der Waals surface area contributed by atoms with E-state index in [1.165, 1.54) is 0 Å². The second-order valence-electron chi connectivity index (χ2n) is 4.14. The molecule has 0 radical (unpaired) electrons. The van der Waals surface area contributed by atoms with Gasteiger partial charge in [-0.1, -0.05) is 23.7 Å². The molecule has 1 rings (SSSR count). The Bertz CT molecular complexity index is 451. The highest BCUT2D eigenvalue weighted by Gasteiger charge is 2.10. The van der Waals surface area contributed by atoms with E-state index in [9.17, 15) is 4.39 Å². The average Bonchev–Trinajstić information content (AvgIpc) is 2.40. The number of benzene rings is 1. The van der Waals surface area contributed by atoms with Gasteiger partial charge in [-0.25, -0.2) is 4.39 Å². The summed E-state index contributed by atoms with van der Waals surface area (Å²) < 4.78 is 19.5. The van der Waals surface area contributed by atoms with Crippen LogP contribution in [-0.4, -0.2) is 26.8 Å². The molecule has 1 aromatic carbocycles. The third-order valence-corrected chi connectivity index (χ3v) is 3.97. The Morgan fingerprint density at radius 2 is 2.21 bits per heavy atom. The fourth-order valence-electron chi connectivity index (χ4n) is 1.63. The molecule has 0 saturated heterocycles. The zero-order valence-corrected chi connectivity index (χ0v) is 13.4. The van der Waals surface area contributed by atoms with Crippen LogP contribution >= 0.6 is 27.5 Å². The average molecular weight is 351 g/mol. The molecule has 0 aliphatic rings. The minimum atomic E-state index is -0.378. The summed E-state index contributed by atoms with van der Waals surface area (Å²) in [6.45, 7) is 4.24. The van der Waals surface area contributed by atoms with Crippen molar-refractivity contribution in [2.75, 3.05) is 26.8 Å². The molecule has 0 aliphatic carbocycles. The Labute approximate surface area is 127 Å². The number of allylic oxidation sites excluding steroid dienone is 1. The molecule has 5 heteroatoms. The zero-order valence-electron chi connectivity index (χ0n) is 11.1. The molecule has 0 fully saturated rings. The van der Waals surface area contributed by atoms with Crippen molar-refractivity contribution in [2.24, 2.45) is 0 Å². The molecule has 1 aromatic rings. The summed E-state index contributed by atoms with van der Waals surface area (Å²) in [7, 11) is 1.67. The standard InChI is InChI=1S/C14H18BrClFNO/c1-10(4-3-7-18-8-9-19-2)11-5-6-12(15)13(16)14(11)17/h4-6,18H,3,7-9H2,1-2H3/b10-4-. The number of nitrogens with one attached hydrogen (secondary N) is 1. The predicted molar refractivity (Wildman–Crippen MR) is 82.1 cm³/mol. The molecule has 0 atom stereocenters. The van der Waals surface area contributed by atoms with Crippen LogP contribution in [0, 0.1) is 5.82 Å². The third kappa shape index (κ3) is 5.22. The Balaban J connectivity index is 2.57. The summed E-state index contributed by atoms with van der Waals surface area (Å²) in [5.41, 5.74) is 1.44. The monoisotopic (exact) mass is 349 g/mol. The van der Waals surface area contributed by atoms with Crippen molar-refractivity contribution >= 4 is 33.1 Å². The van der Waals surface area contributed by atoms with Gasteiger partial charge in [0.25, 0.3) is 0 Å². The number of methoxy groups -OCH3 is 1. The highest BCUT2D eigenvalue weighted by molar-refractivity contribution is 9.10. The Kier molecular flexibility index (Phi) is 7.61. The highest BCUT2D eigenvalue weighted by Crippen LogP contribution is 2.30. The first-order valence-corrected chi connectivity index (χ1v) is 7.25. The topological polar surface area (TPSA) is 21.3 Å². The van der Waals surface area contributed by atoms with Gasteiger partial charge >= 0.3 is 0 Å². The molecule has 0 amide bonds. The summed E-state index contributed by atoms with van der Waals surface area (Å²) in [4.78, 5) is 0. The lowest BCUT2D eigenvalue weighted by molar-refractivity contribution is 0.199. The second kappa shape index (κ2) is 8.69. The highest BCUT2D eigenvalue weighted by atomic mass is 79.9. The molecule has 0 heterocycles. The van der Waals surface area contributed by atoms with E-state index >= 15 is 0 Å². The van der Waals surface area contributed by atoms with Gasteiger partial charge in [-0.15, -0.1) is 0 Å². The fourth-order valence-corrected chi connectivity index (χ4v) is 2.10. The van der Waals surface area contributed by atoms with E-state index in [4.69, 9.17) is 16.3 Å². The molecule has 19 heavy (non-hydrogen) atoms. The summed E-state index contributed by atoms with van der Waals surface area (Å²) in [6, 6.07) is 3.49. The van der Waals surface area contributed by atoms with Crippen molar-refractivity contribution in [3.8, 4) is 0 Å². The van der Waals surface area contributed by atoms with Crippen molar-refractivity contribution in [1.82, 2.24) is 5.32 Å². The lowest BCUT2D eigenvalue weighted by atomic mass is 10.1. The SMILES string of the molecule is COCCNCC/C=C(/C)c1ccc(Br)c(Cl)c1F. The minimum Gasteiger partial charge on any atom is -0.383 e. The maximum atomic E-state index is 14.0. The Morgan fingerprint density at radius 3 is 2.89 bits per heavy atom. The van der Waals surface area contributed by atoms with E-state index in [0.717, 1.165) is 25.1 Å². The van der Waals surface area contributed by atoms with Gasteiger partial charge in [-0.3, -0.25) is 0 Å². The predicted octanol–water partition coefficient (Wildman–Crippen LogP) is 4.27. The van der Waals surface area contributed by atoms with Gasteiger partial charge < -0.3 is 10.1 Å². The van der Waals surface area contributed by atoms with Gasteiger partial charge in [0, 0.05) is 23.7 Å². The van der Waals surface area contributed by atoms with Crippen molar-refractivity contribution < 1.29 is 9.13 Å². The van der Waals surface area contributed by atoms with E-state index in [1.807, 2.05) is 13.0 Å². The number of rotatable bonds is 7. The summed E-state index contributed by atoms with van der Waals surface area (Å²) >= 11 is 9.07. The van der Waals surface area contributed by atoms with Crippen LogP contribution in [0.15, 0.2) is 22.7 Å². The molecule has 0 aromatic heterocycles. The summed E-state index contributed by atoms with van der Waals surface area (Å²) in [5.74, 6) is -0.378. The summed E-state index contributed by atoms with van der Waals surface area (Å²) in [5, 5.41) is 3.36. The van der Waals surface area contributed by atoms with Gasteiger partial charge in [0.05, 0.1) is 11.6 Å². The smallest absolute Gasteiger partial charge is 0.150 e. The largest absolute Gasteiger partial charge is 0.383 e. The Morgan fingerprint density at radius 1 is 1.47 bits per heavy atom. The number of hydrogen-bond donors (Lipinski definition) is 1. The zero-order chi connectivity index (χ0) is 14.3. The lowest BCUT2D eigenvalue weighted by Crippen LogP contribution is -2.19. The van der Waals surface area contributed by atoms with Crippen LogP contribution in [0.3, 0.4) is 0 Å². The quantitative estimate of drug-likeness (QED) is 0.586. The van der Waals surface area contributed by atoms with Crippen molar-refractivity contribution in [3.05, 3.63) is 39.1 Å². The van der Waals surface area contributed by atoms with E-state index in [0.29, 0.717) is 16.6 Å². The molecule has 0 aliphatic heterocycles. The molecule has 0 saturated carbocycles. The first-order chi connectivity index (χ1) is 9.07. The third-order valence-electron chi connectivity index (χ3n) is 2.71. The van der Waals surface area contributed by atoms with Crippen LogP contribution in [0.1, 0.15) is 18.9 Å². The van der Waals surface area contributed by atoms with Crippen LogP contribution in [-0.2, 0) is 4.74 Å². The minimum absolute atomic E-state index is 0.128. The molecule has 1 N–H and O–H groups in total. The molecular formula is C14H18BrClFNO. The van der Waals surface area contributed by atoms with Gasteiger partial charge in [-0.2, -0.15) is 0 Å². The van der Waals surface area contributed by atoms with Crippen LogP contribution in [0.2, 0.25) is 5.02 Å². The van der Waals surface area contributed by atoms with E-state index in [-0.39, 0.29) is 10.8 Å². The summed E-state index contributed by atoms with van der Waals surface area (Å²) in [6.07, 6.45) is 2.84. The fraction of sp³-hybridized carbons (Fsp3) is 0.429.